The van der Waals surface area contributed by atoms with Crippen molar-refractivity contribution in [1.29, 1.82) is 5.26 Å². The van der Waals surface area contributed by atoms with Crippen molar-refractivity contribution in [3.8, 4) is 17.6 Å². The number of hydrogen-bond acceptors (Lipinski definition) is 7. The van der Waals surface area contributed by atoms with Crippen LogP contribution >= 0.6 is 11.6 Å². The van der Waals surface area contributed by atoms with E-state index in [1.54, 1.807) is 36.5 Å². The van der Waals surface area contributed by atoms with Crippen LogP contribution in [0, 0.1) is 11.3 Å². The molecule has 0 amide bonds. The second-order valence-corrected chi connectivity index (χ2v) is 6.19. The standard InChI is InChI=1S/C18H16ClN7/c1-11(2)22-16-7-17(23-13-6-12(8-20)9-21-10-13)26-18(25-16)14-4-3-5-15(19)24-14/h3-7,9-11H,1-2H3,(H2,22,23,25,26). The Kier molecular flexibility index (Phi) is 5.25. The molecule has 3 aromatic rings. The molecule has 3 aromatic heterocycles. The van der Waals surface area contributed by atoms with Crippen LogP contribution in [0.25, 0.3) is 11.5 Å². The monoisotopic (exact) mass is 365 g/mol. The molecule has 0 saturated heterocycles. The molecule has 0 atom stereocenters. The van der Waals surface area contributed by atoms with Gasteiger partial charge in [-0.2, -0.15) is 5.26 Å². The minimum atomic E-state index is 0.196. The second kappa shape index (κ2) is 7.76. The van der Waals surface area contributed by atoms with Gasteiger partial charge in [-0.05, 0) is 32.0 Å². The van der Waals surface area contributed by atoms with Crippen LogP contribution in [0.2, 0.25) is 5.15 Å². The van der Waals surface area contributed by atoms with E-state index >= 15 is 0 Å². The summed E-state index contributed by atoms with van der Waals surface area (Å²) in [6, 6.07) is 11.0. The smallest absolute Gasteiger partial charge is 0.182 e. The van der Waals surface area contributed by atoms with E-state index in [0.29, 0.717) is 39.6 Å². The number of halogens is 1. The van der Waals surface area contributed by atoms with Gasteiger partial charge in [0.25, 0.3) is 0 Å². The summed E-state index contributed by atoms with van der Waals surface area (Å²) in [5.74, 6) is 1.64. The van der Waals surface area contributed by atoms with Crippen LogP contribution in [0.4, 0.5) is 17.3 Å². The first-order chi connectivity index (χ1) is 12.5. The molecule has 0 bridgehead atoms. The van der Waals surface area contributed by atoms with Crippen molar-refractivity contribution < 1.29 is 0 Å². The quantitative estimate of drug-likeness (QED) is 0.658. The molecule has 0 unspecified atom stereocenters. The van der Waals surface area contributed by atoms with Crippen LogP contribution < -0.4 is 10.6 Å². The predicted octanol–water partition coefficient (Wildman–Crippen LogP) is 4.02. The number of hydrogen-bond donors (Lipinski definition) is 2. The minimum Gasteiger partial charge on any atom is -0.368 e. The highest BCUT2D eigenvalue weighted by Gasteiger charge is 2.10. The number of rotatable bonds is 5. The SMILES string of the molecule is CC(C)Nc1cc(Nc2cncc(C#N)c2)nc(-c2cccc(Cl)n2)n1. The van der Waals surface area contributed by atoms with Gasteiger partial charge in [-0.3, -0.25) is 4.98 Å². The van der Waals surface area contributed by atoms with E-state index in [1.165, 1.54) is 6.20 Å². The number of aromatic nitrogens is 4. The summed E-state index contributed by atoms with van der Waals surface area (Å²) in [5.41, 5.74) is 1.68. The maximum absolute atomic E-state index is 9.02. The number of nitriles is 1. The van der Waals surface area contributed by atoms with Crippen LogP contribution in [-0.4, -0.2) is 26.0 Å². The third-order valence-corrected chi connectivity index (χ3v) is 3.46. The van der Waals surface area contributed by atoms with Crippen LogP contribution in [0.15, 0.2) is 42.7 Å². The Labute approximate surface area is 156 Å². The zero-order chi connectivity index (χ0) is 18.5. The zero-order valence-electron chi connectivity index (χ0n) is 14.2. The van der Waals surface area contributed by atoms with Crippen LogP contribution in [-0.2, 0) is 0 Å². The van der Waals surface area contributed by atoms with Gasteiger partial charge < -0.3 is 10.6 Å². The molecule has 3 rings (SSSR count). The van der Waals surface area contributed by atoms with Gasteiger partial charge >= 0.3 is 0 Å². The summed E-state index contributed by atoms with van der Waals surface area (Å²) in [4.78, 5) is 17.3. The van der Waals surface area contributed by atoms with Crippen molar-refractivity contribution >= 4 is 28.9 Å². The van der Waals surface area contributed by atoms with Crippen molar-refractivity contribution in [3.63, 3.8) is 0 Å². The Morgan fingerprint density at radius 1 is 1.08 bits per heavy atom. The summed E-state index contributed by atoms with van der Waals surface area (Å²) in [6.07, 6.45) is 3.12. The van der Waals surface area contributed by atoms with E-state index in [9.17, 15) is 0 Å². The highest BCUT2D eigenvalue weighted by molar-refractivity contribution is 6.29. The van der Waals surface area contributed by atoms with Crippen molar-refractivity contribution in [2.75, 3.05) is 10.6 Å². The topological polar surface area (TPSA) is 99.4 Å². The molecule has 8 heteroatoms. The van der Waals surface area contributed by atoms with E-state index in [-0.39, 0.29) is 6.04 Å². The molecule has 0 saturated carbocycles. The Morgan fingerprint density at radius 3 is 2.62 bits per heavy atom. The molecule has 26 heavy (non-hydrogen) atoms. The fourth-order valence-corrected chi connectivity index (χ4v) is 2.41. The van der Waals surface area contributed by atoms with Gasteiger partial charge in [0, 0.05) is 18.3 Å². The zero-order valence-corrected chi connectivity index (χ0v) is 15.0. The average Bonchev–Trinajstić information content (AvgIpc) is 2.61. The van der Waals surface area contributed by atoms with Crippen LogP contribution in [0.5, 0.6) is 0 Å². The van der Waals surface area contributed by atoms with Crippen LogP contribution in [0.3, 0.4) is 0 Å². The molecule has 3 heterocycles. The Balaban J connectivity index is 2.00. The Hall–Kier alpha value is -3.24. The lowest BCUT2D eigenvalue weighted by molar-refractivity contribution is 0.887. The summed E-state index contributed by atoms with van der Waals surface area (Å²) in [7, 11) is 0. The average molecular weight is 366 g/mol. The molecule has 7 nitrogen and oxygen atoms in total. The van der Waals surface area contributed by atoms with Crippen molar-refractivity contribution in [2.24, 2.45) is 0 Å². The summed E-state index contributed by atoms with van der Waals surface area (Å²) in [6.45, 7) is 4.04. The second-order valence-electron chi connectivity index (χ2n) is 5.81. The molecule has 130 valence electrons. The number of anilines is 3. The molecule has 0 aliphatic carbocycles. The molecular weight excluding hydrogens is 350 g/mol. The van der Waals surface area contributed by atoms with Gasteiger partial charge in [-0.15, -0.1) is 0 Å². The molecule has 2 N–H and O–H groups in total. The summed E-state index contributed by atoms with van der Waals surface area (Å²) < 4.78 is 0. The van der Waals surface area contributed by atoms with Crippen molar-refractivity contribution in [2.45, 2.75) is 19.9 Å². The van der Waals surface area contributed by atoms with E-state index in [1.807, 2.05) is 13.8 Å². The van der Waals surface area contributed by atoms with Gasteiger partial charge in [-0.25, -0.2) is 15.0 Å². The third-order valence-electron chi connectivity index (χ3n) is 3.25. The largest absolute Gasteiger partial charge is 0.368 e. The molecule has 0 aliphatic rings. The Bertz CT molecular complexity index is 966. The van der Waals surface area contributed by atoms with E-state index in [4.69, 9.17) is 16.9 Å². The van der Waals surface area contributed by atoms with Crippen molar-refractivity contribution in [3.05, 3.63) is 53.4 Å². The first-order valence-electron chi connectivity index (χ1n) is 7.94. The van der Waals surface area contributed by atoms with E-state index in [0.717, 1.165) is 0 Å². The molecule has 0 spiro atoms. The molecule has 0 fully saturated rings. The summed E-state index contributed by atoms with van der Waals surface area (Å²) >= 11 is 5.98. The first-order valence-corrected chi connectivity index (χ1v) is 8.32. The third kappa shape index (κ3) is 4.43. The fraction of sp³-hybridized carbons (Fsp3) is 0.167. The lowest BCUT2D eigenvalue weighted by Gasteiger charge is -2.13. The maximum Gasteiger partial charge on any atom is 0.182 e. The molecule has 0 aromatic carbocycles. The van der Waals surface area contributed by atoms with Gasteiger partial charge in [-0.1, -0.05) is 17.7 Å². The lowest BCUT2D eigenvalue weighted by Crippen LogP contribution is -2.12. The minimum absolute atomic E-state index is 0.196. The van der Waals surface area contributed by atoms with Gasteiger partial charge in [0.05, 0.1) is 17.4 Å². The van der Waals surface area contributed by atoms with Crippen molar-refractivity contribution in [1.82, 2.24) is 19.9 Å². The first kappa shape index (κ1) is 17.6. The molecule has 0 radical (unpaired) electrons. The normalized spacial score (nSPS) is 10.4. The highest BCUT2D eigenvalue weighted by Crippen LogP contribution is 2.23. The van der Waals surface area contributed by atoms with Gasteiger partial charge in [0.15, 0.2) is 5.82 Å². The van der Waals surface area contributed by atoms with Crippen LogP contribution in [0.1, 0.15) is 19.4 Å². The van der Waals surface area contributed by atoms with Gasteiger partial charge in [0.1, 0.15) is 28.6 Å². The Morgan fingerprint density at radius 2 is 1.88 bits per heavy atom. The lowest BCUT2D eigenvalue weighted by atomic mass is 10.3. The van der Waals surface area contributed by atoms with E-state index < -0.39 is 0 Å². The molecule has 0 aliphatic heterocycles. The maximum atomic E-state index is 9.02. The number of nitrogens with zero attached hydrogens (tertiary/aromatic N) is 5. The predicted molar refractivity (Wildman–Crippen MR) is 101 cm³/mol. The summed E-state index contributed by atoms with van der Waals surface area (Å²) in [5, 5.41) is 15.8. The number of nitrogens with one attached hydrogen (secondary N) is 2. The number of pyridine rings is 2. The fourth-order valence-electron chi connectivity index (χ4n) is 2.25. The highest BCUT2D eigenvalue weighted by atomic mass is 35.5. The van der Waals surface area contributed by atoms with E-state index in [2.05, 4.69) is 36.6 Å². The van der Waals surface area contributed by atoms with Gasteiger partial charge in [0.2, 0.25) is 0 Å². The molecular formula is C18H16ClN7.